The maximum atomic E-state index is 8.54. The zero-order chi connectivity index (χ0) is 21.2. The minimum Gasteiger partial charge on any atom is -0.392 e. The van der Waals surface area contributed by atoms with E-state index in [4.69, 9.17) is 5.11 Å². The molecule has 0 aromatic heterocycles. The summed E-state index contributed by atoms with van der Waals surface area (Å²) in [5.74, 6) is 0. The van der Waals surface area contributed by atoms with Crippen molar-refractivity contribution in [1.82, 2.24) is 0 Å². The molecule has 30 heavy (non-hydrogen) atoms. The molecule has 0 aliphatic carbocycles. The van der Waals surface area contributed by atoms with Crippen LogP contribution in [-0.2, 0) is 28.3 Å². The molecule has 0 spiro atoms. The van der Waals surface area contributed by atoms with E-state index in [0.717, 1.165) is 22.3 Å². The maximum Gasteiger partial charge on any atom is 3.00 e. The van der Waals surface area contributed by atoms with Gasteiger partial charge in [0.2, 0.25) is 0 Å². The molecule has 4 aromatic carbocycles. The predicted molar refractivity (Wildman–Crippen MR) is 125 cm³/mol. The van der Waals surface area contributed by atoms with Crippen LogP contribution >= 0.6 is 0 Å². The van der Waals surface area contributed by atoms with Gasteiger partial charge in [-0.2, -0.15) is 73.9 Å². The third kappa shape index (κ3) is 15.1. The van der Waals surface area contributed by atoms with Crippen LogP contribution in [0.25, 0.3) is 0 Å². The Kier molecular flexibility index (Phi) is 16.5. The van der Waals surface area contributed by atoms with E-state index in [1.807, 2.05) is 121 Å². The van der Waals surface area contributed by atoms with Crippen molar-refractivity contribution in [3.8, 4) is 0 Å². The minimum absolute atomic E-state index is 0. The fraction of sp³-hybridized carbons (Fsp3) is 0.0357. The molecule has 0 fully saturated rings. The standard InChI is InChI=1S/C7H8O.3C7H7.Ti/c8-6-7-4-2-1-3-5-7;3*1-7-5-3-2-4-6-7;/h1-5,8H,6H2;3*2-6H,1H2;/q;3*-1;+3. The summed E-state index contributed by atoms with van der Waals surface area (Å²) in [4.78, 5) is 0. The van der Waals surface area contributed by atoms with E-state index < -0.39 is 0 Å². The third-order valence-corrected chi connectivity index (χ3v) is 3.55. The van der Waals surface area contributed by atoms with Crippen molar-refractivity contribution < 1.29 is 26.8 Å². The summed E-state index contributed by atoms with van der Waals surface area (Å²) >= 11 is 0. The smallest absolute Gasteiger partial charge is 0.392 e. The van der Waals surface area contributed by atoms with Gasteiger partial charge in [-0.25, -0.2) is 0 Å². The molecule has 1 nitrogen and oxygen atoms in total. The van der Waals surface area contributed by atoms with Crippen molar-refractivity contribution in [2.24, 2.45) is 0 Å². The largest absolute Gasteiger partial charge is 3.00 e. The molecule has 0 saturated carbocycles. The van der Waals surface area contributed by atoms with Crippen molar-refractivity contribution in [2.45, 2.75) is 6.61 Å². The molecule has 0 aliphatic rings. The van der Waals surface area contributed by atoms with Crippen LogP contribution < -0.4 is 0 Å². The Morgan fingerprint density at radius 2 is 0.667 bits per heavy atom. The predicted octanol–water partition coefficient (Wildman–Crippen LogP) is 6.78. The van der Waals surface area contributed by atoms with E-state index in [2.05, 4.69) is 20.8 Å². The van der Waals surface area contributed by atoms with Crippen LogP contribution in [0.2, 0.25) is 0 Å². The Labute approximate surface area is 197 Å². The van der Waals surface area contributed by atoms with Gasteiger partial charge in [-0.05, 0) is 5.56 Å². The first-order valence-corrected chi connectivity index (χ1v) is 9.37. The Morgan fingerprint density at radius 1 is 0.433 bits per heavy atom. The Bertz CT molecular complexity index is 759. The summed E-state index contributed by atoms with van der Waals surface area (Å²) in [6, 6.07) is 39.1. The van der Waals surface area contributed by atoms with Gasteiger partial charge in [0, 0.05) is 0 Å². The van der Waals surface area contributed by atoms with Crippen LogP contribution in [0.15, 0.2) is 121 Å². The average molecular weight is 429 g/mol. The number of hydrogen-bond acceptors (Lipinski definition) is 1. The minimum atomic E-state index is 0. The summed E-state index contributed by atoms with van der Waals surface area (Å²) in [5.41, 5.74) is 4.18. The van der Waals surface area contributed by atoms with Crippen LogP contribution in [-0.4, -0.2) is 5.11 Å². The van der Waals surface area contributed by atoms with Crippen molar-refractivity contribution in [2.75, 3.05) is 0 Å². The van der Waals surface area contributed by atoms with E-state index in [0.29, 0.717) is 0 Å². The van der Waals surface area contributed by atoms with E-state index in [1.165, 1.54) is 0 Å². The molecule has 0 bridgehead atoms. The Balaban J connectivity index is 0.000000370. The Hall–Kier alpha value is -2.84. The van der Waals surface area contributed by atoms with E-state index in [-0.39, 0.29) is 28.3 Å². The average Bonchev–Trinajstić information content (AvgIpc) is 2.77. The summed E-state index contributed by atoms with van der Waals surface area (Å²) < 4.78 is 0. The van der Waals surface area contributed by atoms with Crippen molar-refractivity contribution in [1.29, 1.82) is 0 Å². The fourth-order valence-corrected chi connectivity index (χ4v) is 2.02. The Morgan fingerprint density at radius 3 is 0.800 bits per heavy atom. The van der Waals surface area contributed by atoms with Gasteiger partial charge in [0.15, 0.2) is 0 Å². The quantitative estimate of drug-likeness (QED) is 0.261. The normalized spacial score (nSPS) is 8.43. The van der Waals surface area contributed by atoms with Crippen LogP contribution in [0.5, 0.6) is 0 Å². The van der Waals surface area contributed by atoms with Crippen molar-refractivity contribution >= 4 is 0 Å². The zero-order valence-electron chi connectivity index (χ0n) is 17.3. The molecule has 2 heteroatoms. The summed E-state index contributed by atoms with van der Waals surface area (Å²) in [6.45, 7) is 11.3. The van der Waals surface area contributed by atoms with E-state index in [1.54, 1.807) is 0 Å². The molecular weight excluding hydrogens is 400 g/mol. The number of aliphatic hydroxyl groups is 1. The van der Waals surface area contributed by atoms with Crippen molar-refractivity contribution in [3.05, 3.63) is 164 Å². The summed E-state index contributed by atoms with van der Waals surface area (Å²) in [6.07, 6.45) is 0. The molecule has 0 saturated heterocycles. The molecule has 1 radical (unpaired) electrons. The molecule has 0 heterocycles. The molecule has 0 aliphatic heterocycles. The van der Waals surface area contributed by atoms with Gasteiger partial charge in [0.05, 0.1) is 6.61 Å². The third-order valence-electron chi connectivity index (χ3n) is 3.55. The maximum absolute atomic E-state index is 8.54. The number of rotatable bonds is 1. The second-order valence-corrected chi connectivity index (χ2v) is 6.10. The molecule has 1 N–H and O–H groups in total. The first kappa shape index (κ1) is 27.2. The first-order chi connectivity index (χ1) is 14.1. The van der Waals surface area contributed by atoms with E-state index in [9.17, 15) is 0 Å². The van der Waals surface area contributed by atoms with Gasteiger partial charge in [-0.3, -0.25) is 0 Å². The molecule has 0 atom stereocenters. The van der Waals surface area contributed by atoms with Gasteiger partial charge in [0.25, 0.3) is 0 Å². The second kappa shape index (κ2) is 18.2. The molecule has 4 aromatic rings. The van der Waals surface area contributed by atoms with Gasteiger partial charge in [-0.15, -0.1) is 36.4 Å². The number of aliphatic hydroxyl groups excluding tert-OH is 1. The summed E-state index contributed by atoms with van der Waals surface area (Å²) in [5, 5.41) is 8.54. The van der Waals surface area contributed by atoms with Crippen LogP contribution in [0.4, 0.5) is 0 Å². The van der Waals surface area contributed by atoms with Gasteiger partial charge in [-0.1, -0.05) is 48.5 Å². The summed E-state index contributed by atoms with van der Waals surface area (Å²) in [7, 11) is 0. The zero-order valence-corrected chi connectivity index (χ0v) is 18.9. The first-order valence-electron chi connectivity index (χ1n) is 9.37. The van der Waals surface area contributed by atoms with Crippen LogP contribution in [0.3, 0.4) is 0 Å². The van der Waals surface area contributed by atoms with Crippen LogP contribution in [0, 0.1) is 20.8 Å². The SMILES string of the molecule is OCc1ccccc1.[CH2-]c1ccccc1.[CH2-]c1ccccc1.[CH2-]c1ccccc1.[Ti+3]. The van der Waals surface area contributed by atoms with Gasteiger partial charge >= 0.3 is 21.7 Å². The molecule has 4 rings (SSSR count). The topological polar surface area (TPSA) is 20.2 Å². The fourth-order valence-electron chi connectivity index (χ4n) is 2.02. The second-order valence-electron chi connectivity index (χ2n) is 6.10. The number of benzene rings is 4. The number of hydrogen-bond donors (Lipinski definition) is 1. The van der Waals surface area contributed by atoms with Crippen molar-refractivity contribution in [3.63, 3.8) is 0 Å². The van der Waals surface area contributed by atoms with Crippen LogP contribution in [0.1, 0.15) is 22.3 Å². The monoisotopic (exact) mass is 429 g/mol. The molecule has 0 unspecified atom stereocenters. The van der Waals surface area contributed by atoms with E-state index >= 15 is 0 Å². The van der Waals surface area contributed by atoms with Gasteiger partial charge in [0.1, 0.15) is 0 Å². The molecule has 0 amide bonds. The molecular formula is C28H29OTi. The van der Waals surface area contributed by atoms with Gasteiger partial charge < -0.3 is 5.11 Å². The molecule has 151 valence electrons.